The molecular weight excluding hydrogens is 392 g/mol. The molecule has 8 heteroatoms. The highest BCUT2D eigenvalue weighted by molar-refractivity contribution is 5.92. The molecule has 1 spiro atoms. The summed E-state index contributed by atoms with van der Waals surface area (Å²) >= 11 is 0. The van der Waals surface area contributed by atoms with Crippen LogP contribution in [-0.2, 0) is 7.05 Å². The number of hydrogen-bond donors (Lipinski definition) is 0. The fourth-order valence-corrected chi connectivity index (χ4v) is 5.15. The first-order chi connectivity index (χ1) is 14.9. The van der Waals surface area contributed by atoms with Gasteiger partial charge in [0.05, 0.1) is 11.7 Å². The average Bonchev–Trinajstić information content (AvgIpc) is 3.46. The fraction of sp³-hybridized carbons (Fsp3) is 0.478. The lowest BCUT2D eigenvalue weighted by atomic mass is 9.76. The lowest BCUT2D eigenvalue weighted by molar-refractivity contribution is 0.0583. The van der Waals surface area contributed by atoms with Crippen LogP contribution in [0.2, 0.25) is 0 Å². The molecule has 3 aromatic rings. The predicted molar refractivity (Wildman–Crippen MR) is 115 cm³/mol. The van der Waals surface area contributed by atoms with E-state index in [4.69, 9.17) is 9.51 Å². The second-order valence-corrected chi connectivity index (χ2v) is 9.05. The summed E-state index contributed by atoms with van der Waals surface area (Å²) in [6.07, 6.45) is 2.96. The van der Waals surface area contributed by atoms with Crippen molar-refractivity contribution in [3.8, 4) is 11.5 Å². The van der Waals surface area contributed by atoms with Crippen molar-refractivity contribution >= 4 is 5.91 Å². The molecule has 162 valence electrons. The molecule has 2 aliphatic rings. The molecule has 2 fully saturated rings. The van der Waals surface area contributed by atoms with E-state index in [0.717, 1.165) is 56.0 Å². The van der Waals surface area contributed by atoms with E-state index < -0.39 is 0 Å². The quantitative estimate of drug-likeness (QED) is 0.648. The molecule has 2 aliphatic heterocycles. The van der Waals surface area contributed by atoms with E-state index in [1.165, 1.54) is 0 Å². The SMILES string of the molecule is Cc1cc(C(=O)N2CCC3(CC2)CC(c2noc(-c4ccccc4)n2)N(C)C3)n(C)n1. The number of nitrogens with zero attached hydrogens (tertiary/aromatic N) is 6. The molecule has 1 atom stereocenters. The molecule has 1 aromatic carbocycles. The zero-order valence-electron chi connectivity index (χ0n) is 18.3. The zero-order valence-corrected chi connectivity index (χ0v) is 18.3. The van der Waals surface area contributed by atoms with Gasteiger partial charge in [0, 0.05) is 32.2 Å². The number of rotatable bonds is 3. The minimum Gasteiger partial charge on any atom is -0.337 e. The number of likely N-dealkylation sites (tertiary alicyclic amines) is 2. The lowest BCUT2D eigenvalue weighted by Crippen LogP contribution is -2.44. The zero-order chi connectivity index (χ0) is 21.6. The van der Waals surface area contributed by atoms with Crippen molar-refractivity contribution in [1.82, 2.24) is 29.7 Å². The van der Waals surface area contributed by atoms with Crippen molar-refractivity contribution in [2.75, 3.05) is 26.7 Å². The van der Waals surface area contributed by atoms with Crippen LogP contribution in [0.25, 0.3) is 11.5 Å². The summed E-state index contributed by atoms with van der Waals surface area (Å²) in [7, 11) is 3.96. The molecule has 5 rings (SSSR count). The monoisotopic (exact) mass is 420 g/mol. The van der Waals surface area contributed by atoms with Gasteiger partial charge in [-0.05, 0) is 56.8 Å². The highest BCUT2D eigenvalue weighted by Crippen LogP contribution is 2.48. The number of amides is 1. The number of carbonyl (C=O) groups is 1. The normalized spacial score (nSPS) is 21.1. The number of benzene rings is 1. The van der Waals surface area contributed by atoms with Gasteiger partial charge >= 0.3 is 0 Å². The van der Waals surface area contributed by atoms with Crippen molar-refractivity contribution in [3.05, 3.63) is 53.6 Å². The van der Waals surface area contributed by atoms with Gasteiger partial charge in [0.1, 0.15) is 5.69 Å². The smallest absolute Gasteiger partial charge is 0.272 e. The van der Waals surface area contributed by atoms with Gasteiger partial charge in [0.25, 0.3) is 11.8 Å². The van der Waals surface area contributed by atoms with Crippen molar-refractivity contribution in [2.45, 2.75) is 32.2 Å². The largest absolute Gasteiger partial charge is 0.337 e. The Labute approximate surface area is 181 Å². The number of aromatic nitrogens is 4. The second kappa shape index (κ2) is 7.60. The van der Waals surface area contributed by atoms with Gasteiger partial charge in [-0.25, -0.2) is 0 Å². The second-order valence-electron chi connectivity index (χ2n) is 9.05. The van der Waals surface area contributed by atoms with Crippen LogP contribution in [0, 0.1) is 12.3 Å². The van der Waals surface area contributed by atoms with E-state index in [1.54, 1.807) is 4.68 Å². The molecule has 4 heterocycles. The Balaban J connectivity index is 1.26. The molecule has 2 saturated heterocycles. The highest BCUT2D eigenvalue weighted by atomic mass is 16.5. The van der Waals surface area contributed by atoms with Crippen LogP contribution >= 0.6 is 0 Å². The summed E-state index contributed by atoms with van der Waals surface area (Å²) in [5.74, 6) is 1.39. The Hall–Kier alpha value is -3.00. The number of carbonyl (C=O) groups excluding carboxylic acids is 1. The Bertz CT molecular complexity index is 1080. The predicted octanol–water partition coefficient (Wildman–Crippen LogP) is 3.08. The molecular formula is C23H28N6O2. The van der Waals surface area contributed by atoms with Gasteiger partial charge in [-0.15, -0.1) is 0 Å². The fourth-order valence-electron chi connectivity index (χ4n) is 5.15. The molecule has 0 saturated carbocycles. The van der Waals surface area contributed by atoms with Crippen molar-refractivity contribution in [2.24, 2.45) is 12.5 Å². The third-order valence-corrected chi connectivity index (χ3v) is 6.84. The lowest BCUT2D eigenvalue weighted by Gasteiger charge is -2.39. The van der Waals surface area contributed by atoms with E-state index >= 15 is 0 Å². The number of aryl methyl sites for hydroxylation is 2. The van der Waals surface area contributed by atoms with E-state index in [9.17, 15) is 4.79 Å². The summed E-state index contributed by atoms with van der Waals surface area (Å²) in [4.78, 5) is 21.9. The minimum atomic E-state index is 0.0755. The third-order valence-electron chi connectivity index (χ3n) is 6.84. The van der Waals surface area contributed by atoms with E-state index in [1.807, 2.05) is 55.3 Å². The summed E-state index contributed by atoms with van der Waals surface area (Å²) in [6.45, 7) is 4.44. The van der Waals surface area contributed by atoms with Crippen LogP contribution in [0.15, 0.2) is 40.9 Å². The van der Waals surface area contributed by atoms with Gasteiger partial charge in [-0.2, -0.15) is 10.1 Å². The Kier molecular flexibility index (Phi) is 4.89. The first-order valence-electron chi connectivity index (χ1n) is 10.8. The molecule has 2 aromatic heterocycles. The van der Waals surface area contributed by atoms with Crippen LogP contribution in [-0.4, -0.2) is 62.3 Å². The van der Waals surface area contributed by atoms with Crippen LogP contribution in [0.5, 0.6) is 0 Å². The van der Waals surface area contributed by atoms with Crippen LogP contribution in [0.4, 0.5) is 0 Å². The maximum absolute atomic E-state index is 12.9. The Morgan fingerprint density at radius 3 is 2.58 bits per heavy atom. The van der Waals surface area contributed by atoms with Crippen LogP contribution in [0.1, 0.15) is 47.3 Å². The number of piperidine rings is 1. The van der Waals surface area contributed by atoms with Gasteiger partial charge in [0.2, 0.25) is 0 Å². The third kappa shape index (κ3) is 3.65. The molecule has 31 heavy (non-hydrogen) atoms. The molecule has 0 bridgehead atoms. The topological polar surface area (TPSA) is 80.3 Å². The van der Waals surface area contributed by atoms with Crippen molar-refractivity contribution < 1.29 is 9.32 Å². The summed E-state index contributed by atoms with van der Waals surface area (Å²) in [5.41, 5.74) is 2.66. The number of hydrogen-bond acceptors (Lipinski definition) is 6. The van der Waals surface area contributed by atoms with E-state index in [-0.39, 0.29) is 17.4 Å². The van der Waals surface area contributed by atoms with E-state index in [2.05, 4.69) is 22.2 Å². The maximum Gasteiger partial charge on any atom is 0.272 e. The Morgan fingerprint density at radius 1 is 1.16 bits per heavy atom. The first-order valence-corrected chi connectivity index (χ1v) is 10.8. The molecule has 0 radical (unpaired) electrons. The minimum absolute atomic E-state index is 0.0755. The molecule has 8 nitrogen and oxygen atoms in total. The van der Waals surface area contributed by atoms with Crippen LogP contribution < -0.4 is 0 Å². The first kappa shape index (κ1) is 19.9. The van der Waals surface area contributed by atoms with Gasteiger partial charge < -0.3 is 9.42 Å². The van der Waals surface area contributed by atoms with E-state index in [0.29, 0.717) is 11.6 Å². The maximum atomic E-state index is 12.9. The summed E-state index contributed by atoms with van der Waals surface area (Å²) in [6, 6.07) is 11.9. The molecule has 0 N–H and O–H groups in total. The molecule has 1 unspecified atom stereocenters. The average molecular weight is 421 g/mol. The summed E-state index contributed by atoms with van der Waals surface area (Å²) in [5, 5.41) is 8.61. The molecule has 1 amide bonds. The van der Waals surface area contributed by atoms with Crippen LogP contribution in [0.3, 0.4) is 0 Å². The standard InChI is InChI=1S/C23H28N6O2/c1-16-13-18(28(3)25-16)22(30)29-11-9-23(10-12-29)14-19(27(2)15-23)20-24-21(31-26-20)17-7-5-4-6-8-17/h4-8,13,19H,9-12,14-15H2,1-3H3. The van der Waals surface area contributed by atoms with Gasteiger partial charge in [-0.3, -0.25) is 14.4 Å². The van der Waals surface area contributed by atoms with Gasteiger partial charge in [0.15, 0.2) is 5.82 Å². The summed E-state index contributed by atoms with van der Waals surface area (Å²) < 4.78 is 7.23. The Morgan fingerprint density at radius 2 is 1.90 bits per heavy atom. The highest BCUT2D eigenvalue weighted by Gasteiger charge is 2.46. The molecule has 0 aliphatic carbocycles. The van der Waals surface area contributed by atoms with Crippen molar-refractivity contribution in [1.29, 1.82) is 0 Å². The van der Waals surface area contributed by atoms with Gasteiger partial charge in [-0.1, -0.05) is 23.4 Å². The van der Waals surface area contributed by atoms with Crippen molar-refractivity contribution in [3.63, 3.8) is 0 Å².